The van der Waals surface area contributed by atoms with Gasteiger partial charge in [0.25, 0.3) is 11.8 Å². The van der Waals surface area contributed by atoms with Crippen LogP contribution >= 0.6 is 12.2 Å². The Morgan fingerprint density at radius 1 is 1.14 bits per heavy atom. The van der Waals surface area contributed by atoms with Crippen molar-refractivity contribution in [1.82, 2.24) is 5.32 Å². The summed E-state index contributed by atoms with van der Waals surface area (Å²) >= 11 is 5.02. The molecule has 0 saturated carbocycles. The molecule has 2 amide bonds. The molecule has 0 aliphatic carbocycles. The van der Waals surface area contributed by atoms with E-state index in [1.54, 1.807) is 31.2 Å². The number of nitrogens with zero attached hydrogens (tertiary/aromatic N) is 1. The number of halogens is 3. The first-order chi connectivity index (χ1) is 13.7. The molecule has 5 nitrogen and oxygen atoms in total. The summed E-state index contributed by atoms with van der Waals surface area (Å²) in [5.41, 5.74) is -0.832. The molecular weight excluding hydrogens is 405 g/mol. The smallest absolute Gasteiger partial charge is 0.416 e. The maximum Gasteiger partial charge on any atom is 0.416 e. The zero-order valence-corrected chi connectivity index (χ0v) is 15.9. The highest BCUT2D eigenvalue weighted by atomic mass is 32.1. The first kappa shape index (κ1) is 20.5. The summed E-state index contributed by atoms with van der Waals surface area (Å²) in [6.45, 7) is 2.16. The van der Waals surface area contributed by atoms with Gasteiger partial charge in [0.15, 0.2) is 5.11 Å². The largest absolute Gasteiger partial charge is 0.493 e. The van der Waals surface area contributed by atoms with Crippen LogP contribution in [0.5, 0.6) is 5.75 Å². The van der Waals surface area contributed by atoms with Gasteiger partial charge in [-0.15, -0.1) is 0 Å². The molecule has 1 aliphatic heterocycles. The van der Waals surface area contributed by atoms with Crippen LogP contribution in [0.15, 0.2) is 54.1 Å². The van der Waals surface area contributed by atoms with Crippen LogP contribution in [-0.4, -0.2) is 23.5 Å². The van der Waals surface area contributed by atoms with E-state index in [4.69, 9.17) is 17.0 Å². The summed E-state index contributed by atoms with van der Waals surface area (Å²) in [4.78, 5) is 26.2. The molecule has 0 radical (unpaired) electrons. The Balaban J connectivity index is 2.04. The molecule has 2 aromatic carbocycles. The van der Waals surface area contributed by atoms with Crippen LogP contribution in [-0.2, 0) is 15.8 Å². The summed E-state index contributed by atoms with van der Waals surface area (Å²) in [5, 5.41) is 2.05. The van der Waals surface area contributed by atoms with E-state index >= 15 is 0 Å². The van der Waals surface area contributed by atoms with Crippen molar-refractivity contribution in [3.05, 3.63) is 65.2 Å². The van der Waals surface area contributed by atoms with Crippen LogP contribution in [0.25, 0.3) is 6.08 Å². The van der Waals surface area contributed by atoms with Crippen LogP contribution in [0.3, 0.4) is 0 Å². The highest BCUT2D eigenvalue weighted by Gasteiger charge is 2.36. The van der Waals surface area contributed by atoms with Gasteiger partial charge in [0, 0.05) is 5.56 Å². The average Bonchev–Trinajstić information content (AvgIpc) is 2.66. The van der Waals surface area contributed by atoms with Crippen LogP contribution < -0.4 is 15.0 Å². The third kappa shape index (κ3) is 4.29. The van der Waals surface area contributed by atoms with Crippen molar-refractivity contribution < 1.29 is 27.5 Å². The number of hydrogen-bond donors (Lipinski definition) is 1. The summed E-state index contributed by atoms with van der Waals surface area (Å²) in [6, 6.07) is 10.9. The molecule has 3 rings (SSSR count). The number of nitrogens with one attached hydrogen (secondary N) is 1. The minimum atomic E-state index is -4.59. The number of carbonyl (C=O) groups excluding carboxylic acids is 2. The van der Waals surface area contributed by atoms with Crippen molar-refractivity contribution in [3.8, 4) is 5.75 Å². The van der Waals surface area contributed by atoms with E-state index in [9.17, 15) is 22.8 Å². The maximum atomic E-state index is 13.0. The lowest BCUT2D eigenvalue weighted by Gasteiger charge is -2.29. The molecule has 2 aromatic rings. The summed E-state index contributed by atoms with van der Waals surface area (Å²) in [7, 11) is 0. The van der Waals surface area contributed by atoms with Gasteiger partial charge in [0.1, 0.15) is 11.3 Å². The van der Waals surface area contributed by atoms with Gasteiger partial charge in [0.05, 0.1) is 17.9 Å². The molecule has 9 heteroatoms. The molecule has 150 valence electrons. The Hall–Kier alpha value is -3.20. The number of thiocarbonyl (C=S) groups is 1. The van der Waals surface area contributed by atoms with E-state index < -0.39 is 23.6 Å². The predicted octanol–water partition coefficient (Wildman–Crippen LogP) is 3.94. The minimum Gasteiger partial charge on any atom is -0.493 e. The molecule has 0 atom stereocenters. The van der Waals surface area contributed by atoms with Gasteiger partial charge in [-0.1, -0.05) is 24.3 Å². The highest BCUT2D eigenvalue weighted by Crippen LogP contribution is 2.33. The normalized spacial score (nSPS) is 16.2. The first-order valence-electron chi connectivity index (χ1n) is 8.53. The number of hydrogen-bond acceptors (Lipinski definition) is 4. The average molecular weight is 420 g/mol. The molecule has 1 saturated heterocycles. The van der Waals surface area contributed by atoms with E-state index in [0.29, 0.717) is 17.9 Å². The van der Waals surface area contributed by atoms with Crippen molar-refractivity contribution in [3.63, 3.8) is 0 Å². The van der Waals surface area contributed by atoms with Gasteiger partial charge in [-0.25, -0.2) is 0 Å². The van der Waals surface area contributed by atoms with Crippen LogP contribution in [0, 0.1) is 0 Å². The zero-order chi connectivity index (χ0) is 21.2. The number of carbonyl (C=O) groups is 2. The quantitative estimate of drug-likeness (QED) is 0.463. The van der Waals surface area contributed by atoms with Gasteiger partial charge < -0.3 is 4.74 Å². The molecule has 0 bridgehead atoms. The molecular formula is C20H15F3N2O3S. The van der Waals surface area contributed by atoms with Gasteiger partial charge in [0.2, 0.25) is 0 Å². The van der Waals surface area contributed by atoms with E-state index in [1.807, 2.05) is 0 Å². The molecule has 0 aromatic heterocycles. The number of amides is 2. The van der Waals surface area contributed by atoms with E-state index in [2.05, 4.69) is 5.32 Å². The molecule has 1 fully saturated rings. The molecule has 1 heterocycles. The zero-order valence-electron chi connectivity index (χ0n) is 15.1. The van der Waals surface area contributed by atoms with E-state index in [0.717, 1.165) is 23.1 Å². The van der Waals surface area contributed by atoms with Crippen molar-refractivity contribution in [2.24, 2.45) is 0 Å². The van der Waals surface area contributed by atoms with Crippen molar-refractivity contribution in [2.75, 3.05) is 11.5 Å². The lowest BCUT2D eigenvalue weighted by molar-refractivity contribution is -0.137. The number of ether oxygens (including phenoxy) is 1. The summed E-state index contributed by atoms with van der Waals surface area (Å²) in [6.07, 6.45) is -3.26. The van der Waals surface area contributed by atoms with E-state index in [-0.39, 0.29) is 16.4 Å². The Labute approximate surface area is 169 Å². The molecule has 0 unspecified atom stereocenters. The number of benzene rings is 2. The van der Waals surface area contributed by atoms with Gasteiger partial charge in [-0.3, -0.25) is 19.8 Å². The molecule has 1 aliphatic rings. The fourth-order valence-corrected chi connectivity index (χ4v) is 3.04. The fraction of sp³-hybridized carbons (Fsp3) is 0.150. The number of anilines is 1. The Morgan fingerprint density at radius 3 is 2.55 bits per heavy atom. The van der Waals surface area contributed by atoms with Gasteiger partial charge >= 0.3 is 6.18 Å². The van der Waals surface area contributed by atoms with Crippen molar-refractivity contribution in [1.29, 1.82) is 0 Å². The van der Waals surface area contributed by atoms with Crippen molar-refractivity contribution >= 4 is 40.9 Å². The topological polar surface area (TPSA) is 58.6 Å². The second-order valence-electron chi connectivity index (χ2n) is 5.98. The third-order valence-corrected chi connectivity index (χ3v) is 4.34. The molecule has 0 spiro atoms. The summed E-state index contributed by atoms with van der Waals surface area (Å²) < 4.78 is 44.6. The fourth-order valence-electron chi connectivity index (χ4n) is 2.76. The van der Waals surface area contributed by atoms with Gasteiger partial charge in [-0.05, 0) is 49.5 Å². The molecule has 1 N–H and O–H groups in total. The summed E-state index contributed by atoms with van der Waals surface area (Å²) in [5.74, 6) is -1.11. The number of para-hydroxylation sites is 1. The predicted molar refractivity (Wildman–Crippen MR) is 105 cm³/mol. The third-order valence-electron chi connectivity index (χ3n) is 4.05. The second-order valence-corrected chi connectivity index (χ2v) is 6.36. The standard InChI is InChI=1S/C20H15F3N2O3S/c1-2-28-16-9-4-3-6-12(16)10-15-17(26)24-19(29)25(18(15)27)14-8-5-7-13(11-14)20(21,22)23/h3-11H,2H2,1H3,(H,24,26,29)/b15-10+. The first-order valence-corrected chi connectivity index (χ1v) is 8.93. The Bertz CT molecular complexity index is 1020. The SMILES string of the molecule is CCOc1ccccc1/C=C1\C(=O)NC(=S)N(c2cccc(C(F)(F)F)c2)C1=O. The van der Waals surface area contributed by atoms with Crippen LogP contribution in [0.1, 0.15) is 18.1 Å². The number of alkyl halides is 3. The van der Waals surface area contributed by atoms with Crippen LogP contribution in [0.4, 0.5) is 18.9 Å². The van der Waals surface area contributed by atoms with Crippen molar-refractivity contribution in [2.45, 2.75) is 13.1 Å². The monoisotopic (exact) mass is 420 g/mol. The lowest BCUT2D eigenvalue weighted by atomic mass is 10.1. The minimum absolute atomic E-state index is 0.0983. The second kappa shape index (κ2) is 8.04. The maximum absolute atomic E-state index is 13.0. The Morgan fingerprint density at radius 2 is 1.86 bits per heavy atom. The highest BCUT2D eigenvalue weighted by molar-refractivity contribution is 7.80. The van der Waals surface area contributed by atoms with E-state index in [1.165, 1.54) is 12.1 Å². The van der Waals surface area contributed by atoms with Gasteiger partial charge in [-0.2, -0.15) is 13.2 Å². The lowest BCUT2D eigenvalue weighted by Crippen LogP contribution is -2.54. The molecule has 29 heavy (non-hydrogen) atoms. The van der Waals surface area contributed by atoms with Crippen LogP contribution in [0.2, 0.25) is 0 Å². The Kier molecular flexibility index (Phi) is 5.69. The number of rotatable bonds is 4.